The van der Waals surface area contributed by atoms with Gasteiger partial charge in [-0.25, -0.2) is 4.98 Å². The Labute approximate surface area is 177 Å². The average Bonchev–Trinajstić information content (AvgIpc) is 3.17. The second-order valence-electron chi connectivity index (χ2n) is 6.87. The maximum atomic E-state index is 13.0. The van der Waals surface area contributed by atoms with E-state index >= 15 is 0 Å². The van der Waals surface area contributed by atoms with Crippen LogP contribution in [0.25, 0.3) is 10.9 Å². The van der Waals surface area contributed by atoms with Gasteiger partial charge in [0, 0.05) is 24.4 Å². The maximum Gasteiger partial charge on any atom is 0.281 e. The molecule has 0 spiro atoms. The van der Waals surface area contributed by atoms with E-state index in [0.717, 1.165) is 5.69 Å². The second kappa shape index (κ2) is 8.54. The van der Waals surface area contributed by atoms with Gasteiger partial charge < -0.3 is 4.90 Å². The molecule has 0 saturated carbocycles. The molecule has 7 nitrogen and oxygen atoms in total. The molecule has 1 aromatic heterocycles. The Balaban J connectivity index is 1.61. The predicted molar refractivity (Wildman–Crippen MR) is 118 cm³/mol. The summed E-state index contributed by atoms with van der Waals surface area (Å²) in [7, 11) is 0. The lowest BCUT2D eigenvalue weighted by Gasteiger charge is -2.18. The third kappa shape index (κ3) is 3.86. The fourth-order valence-corrected chi connectivity index (χ4v) is 4.07. The highest BCUT2D eigenvalue weighted by Gasteiger charge is 2.35. The zero-order chi connectivity index (χ0) is 21.1. The normalized spacial score (nSPS) is 16.1. The van der Waals surface area contributed by atoms with Crippen LogP contribution in [-0.2, 0) is 9.59 Å². The number of nitrogens with one attached hydrogen (secondary N) is 1. The number of nitrogens with zero attached hydrogens (tertiary/aromatic N) is 3. The minimum Gasteiger partial charge on any atom is -0.312 e. The monoisotopic (exact) mass is 420 g/mol. The van der Waals surface area contributed by atoms with Crippen LogP contribution in [-0.4, -0.2) is 33.8 Å². The van der Waals surface area contributed by atoms with Crippen LogP contribution >= 0.6 is 11.8 Å². The van der Waals surface area contributed by atoms with Crippen LogP contribution in [0.4, 0.5) is 5.69 Å². The molecule has 1 N–H and O–H groups in total. The Hall–Kier alpha value is -3.39. The van der Waals surface area contributed by atoms with E-state index < -0.39 is 5.92 Å². The lowest BCUT2D eigenvalue weighted by molar-refractivity contribution is -0.123. The van der Waals surface area contributed by atoms with Crippen molar-refractivity contribution < 1.29 is 9.59 Å². The number of carbonyl (C=O) groups is 2. The van der Waals surface area contributed by atoms with Gasteiger partial charge in [0.15, 0.2) is 5.16 Å². The Morgan fingerprint density at radius 2 is 1.90 bits per heavy atom. The molecule has 2 aromatic carbocycles. The molecule has 30 heavy (non-hydrogen) atoms. The summed E-state index contributed by atoms with van der Waals surface area (Å²) in [4.78, 5) is 44.5. The number of anilines is 1. The van der Waals surface area contributed by atoms with Gasteiger partial charge in [-0.05, 0) is 24.3 Å². The zero-order valence-corrected chi connectivity index (χ0v) is 17.0. The van der Waals surface area contributed by atoms with Crippen molar-refractivity contribution >= 4 is 40.2 Å². The van der Waals surface area contributed by atoms with Crippen LogP contribution in [0.15, 0.2) is 77.2 Å². The molecule has 3 aromatic rings. The van der Waals surface area contributed by atoms with Crippen LogP contribution in [0.5, 0.6) is 0 Å². The molecule has 4 rings (SSSR count). The zero-order valence-electron chi connectivity index (χ0n) is 16.2. The first-order valence-electron chi connectivity index (χ1n) is 9.50. The first-order chi connectivity index (χ1) is 14.6. The van der Waals surface area contributed by atoms with Crippen molar-refractivity contribution in [3.05, 3.63) is 77.6 Å². The molecule has 0 radical (unpaired) electrons. The molecule has 0 aliphatic carbocycles. The third-order valence-corrected chi connectivity index (χ3v) is 5.80. The molecule has 152 valence electrons. The number of hydrogen-bond donors (Lipinski definition) is 1. The summed E-state index contributed by atoms with van der Waals surface area (Å²) in [6.07, 6.45) is 1.79. The molecule has 1 atom stereocenters. The van der Waals surface area contributed by atoms with Crippen LogP contribution < -0.4 is 15.9 Å². The van der Waals surface area contributed by atoms with E-state index in [2.05, 4.69) is 17.0 Å². The van der Waals surface area contributed by atoms with Crippen molar-refractivity contribution in [3.8, 4) is 0 Å². The van der Waals surface area contributed by atoms with Gasteiger partial charge in [0.05, 0.1) is 16.8 Å². The van der Waals surface area contributed by atoms with Crippen molar-refractivity contribution in [2.24, 2.45) is 5.92 Å². The van der Waals surface area contributed by atoms with E-state index in [0.29, 0.717) is 21.8 Å². The van der Waals surface area contributed by atoms with Crippen LogP contribution in [0, 0.1) is 5.92 Å². The topological polar surface area (TPSA) is 84.3 Å². The van der Waals surface area contributed by atoms with E-state index in [1.165, 1.54) is 16.4 Å². The molecule has 1 saturated heterocycles. The summed E-state index contributed by atoms with van der Waals surface area (Å²) >= 11 is 1.30. The van der Waals surface area contributed by atoms with Gasteiger partial charge in [0.2, 0.25) is 11.8 Å². The second-order valence-corrected chi connectivity index (χ2v) is 7.86. The first-order valence-corrected chi connectivity index (χ1v) is 10.5. The van der Waals surface area contributed by atoms with E-state index in [-0.39, 0.29) is 30.3 Å². The quantitative estimate of drug-likeness (QED) is 0.377. The first kappa shape index (κ1) is 19.9. The lowest BCUT2D eigenvalue weighted by atomic mass is 10.1. The highest BCUT2D eigenvalue weighted by Crippen LogP contribution is 2.25. The largest absolute Gasteiger partial charge is 0.312 e. The highest BCUT2D eigenvalue weighted by molar-refractivity contribution is 7.99. The maximum absolute atomic E-state index is 13.0. The number of benzene rings is 2. The number of para-hydroxylation sites is 2. The molecule has 1 fully saturated rings. The number of amides is 2. The Morgan fingerprint density at radius 3 is 2.67 bits per heavy atom. The number of aromatic nitrogens is 2. The third-order valence-electron chi connectivity index (χ3n) is 4.86. The van der Waals surface area contributed by atoms with Crippen molar-refractivity contribution in [3.63, 3.8) is 0 Å². The Morgan fingerprint density at radius 1 is 1.17 bits per heavy atom. The lowest BCUT2D eigenvalue weighted by Crippen LogP contribution is -2.39. The van der Waals surface area contributed by atoms with Crippen molar-refractivity contribution in [1.29, 1.82) is 0 Å². The predicted octanol–water partition coefficient (Wildman–Crippen LogP) is 2.80. The van der Waals surface area contributed by atoms with E-state index in [9.17, 15) is 14.4 Å². The van der Waals surface area contributed by atoms with Crippen LogP contribution in [0.3, 0.4) is 0 Å². The number of thioether (sulfide) groups is 1. The molecule has 1 aliphatic rings. The Bertz CT molecular complexity index is 1180. The van der Waals surface area contributed by atoms with E-state index in [4.69, 9.17) is 0 Å². The minimum absolute atomic E-state index is 0.0889. The number of hydrogen-bond acceptors (Lipinski definition) is 5. The summed E-state index contributed by atoms with van der Waals surface area (Å²) in [6.45, 7) is 3.96. The van der Waals surface area contributed by atoms with Crippen molar-refractivity contribution in [2.45, 2.75) is 11.6 Å². The number of fused-ring (bicyclic) bond motifs is 1. The molecule has 8 heteroatoms. The van der Waals surface area contributed by atoms with Crippen LogP contribution in [0.2, 0.25) is 0 Å². The summed E-state index contributed by atoms with van der Waals surface area (Å²) < 4.78 is 1.18. The van der Waals surface area contributed by atoms with E-state index in [1.54, 1.807) is 29.2 Å². The summed E-state index contributed by atoms with van der Waals surface area (Å²) in [5.74, 6) is -0.536. The highest BCUT2D eigenvalue weighted by atomic mass is 32.2. The van der Waals surface area contributed by atoms with Gasteiger partial charge in [-0.3, -0.25) is 19.8 Å². The van der Waals surface area contributed by atoms with Gasteiger partial charge in [-0.2, -0.15) is 4.68 Å². The molecule has 1 unspecified atom stereocenters. The van der Waals surface area contributed by atoms with Gasteiger partial charge in [-0.1, -0.05) is 48.2 Å². The standard InChI is InChI=1S/C22H20N4O3S/c1-2-12-30-22-23-18-11-7-6-10-17(18)21(29)26(22)24-20(28)15-13-19(27)25(14-15)16-8-4-3-5-9-16/h2-11,15H,1,12-14H2,(H,24,28). The Kier molecular flexibility index (Phi) is 5.67. The van der Waals surface area contributed by atoms with Gasteiger partial charge in [-0.15, -0.1) is 6.58 Å². The van der Waals surface area contributed by atoms with Gasteiger partial charge in [0.25, 0.3) is 5.56 Å². The van der Waals surface area contributed by atoms with Gasteiger partial charge >= 0.3 is 0 Å². The smallest absolute Gasteiger partial charge is 0.281 e. The molecule has 0 bridgehead atoms. The molecular formula is C22H20N4O3S. The molecule has 2 heterocycles. The average molecular weight is 420 g/mol. The fourth-order valence-electron chi connectivity index (χ4n) is 3.38. The minimum atomic E-state index is -0.562. The SMILES string of the molecule is C=CCSc1nc2ccccc2c(=O)n1NC(=O)C1CC(=O)N(c2ccccc2)C1. The number of rotatable bonds is 6. The fraction of sp³-hybridized carbons (Fsp3) is 0.182. The van der Waals surface area contributed by atoms with Crippen LogP contribution in [0.1, 0.15) is 6.42 Å². The molecule has 1 aliphatic heterocycles. The summed E-state index contributed by atoms with van der Waals surface area (Å²) in [5, 5.41) is 0.783. The summed E-state index contributed by atoms with van der Waals surface area (Å²) in [5.41, 5.74) is 3.64. The van der Waals surface area contributed by atoms with Crippen molar-refractivity contribution in [2.75, 3.05) is 22.6 Å². The molecule has 2 amide bonds. The van der Waals surface area contributed by atoms with Crippen molar-refractivity contribution in [1.82, 2.24) is 9.66 Å². The number of carbonyl (C=O) groups excluding carboxylic acids is 2. The van der Waals surface area contributed by atoms with Gasteiger partial charge in [0.1, 0.15) is 0 Å². The molecular weight excluding hydrogens is 400 g/mol. The van der Waals surface area contributed by atoms with E-state index in [1.807, 2.05) is 36.4 Å². The summed E-state index contributed by atoms with van der Waals surface area (Å²) in [6, 6.07) is 16.2.